The van der Waals surface area contributed by atoms with E-state index in [0.717, 1.165) is 0 Å². The average Bonchev–Trinajstić information content (AvgIpc) is 1.64. The summed E-state index contributed by atoms with van der Waals surface area (Å²) in [7, 11) is 0. The van der Waals surface area contributed by atoms with Crippen LogP contribution in [0.1, 0.15) is 6.42 Å². The molecule has 1 N–H and O–H groups in total. The Morgan fingerprint density at radius 1 is 1.56 bits per heavy atom. The van der Waals surface area contributed by atoms with E-state index in [1.165, 1.54) is 0 Å². The van der Waals surface area contributed by atoms with Gasteiger partial charge in [0.25, 0.3) is 0 Å². The highest BCUT2D eigenvalue weighted by Gasteiger charge is 2.30. The van der Waals surface area contributed by atoms with Gasteiger partial charge >= 0.3 is 0 Å². The standard InChI is InChI=1S/C4H4Cl3NO/c5-4(6,7)3(9)1-2-8/h3,9H,1H2/t3-/m0/s1. The zero-order valence-electron chi connectivity index (χ0n) is 4.31. The first-order chi connectivity index (χ1) is 3.98. The Balaban J connectivity index is 3.76. The fourth-order valence-electron chi connectivity index (χ4n) is 0.202. The van der Waals surface area contributed by atoms with Crippen LogP contribution < -0.4 is 0 Å². The topological polar surface area (TPSA) is 44.0 Å². The lowest BCUT2D eigenvalue weighted by molar-refractivity contribution is 0.184. The normalized spacial score (nSPS) is 14.6. The van der Waals surface area contributed by atoms with Crippen LogP contribution in [0.3, 0.4) is 0 Å². The van der Waals surface area contributed by atoms with Crippen LogP contribution in [0.5, 0.6) is 0 Å². The van der Waals surface area contributed by atoms with Gasteiger partial charge in [0.1, 0.15) is 6.10 Å². The Hall–Kier alpha value is 0.320. The molecule has 52 valence electrons. The molecule has 0 aliphatic heterocycles. The fraction of sp³-hybridized carbons (Fsp3) is 0.750. The van der Waals surface area contributed by atoms with Gasteiger partial charge in [0.2, 0.25) is 3.79 Å². The first kappa shape index (κ1) is 9.32. The lowest BCUT2D eigenvalue weighted by Crippen LogP contribution is -2.24. The number of nitrogens with zero attached hydrogens (tertiary/aromatic N) is 1. The maximum atomic E-state index is 8.77. The van der Waals surface area contributed by atoms with Gasteiger partial charge in [-0.25, -0.2) is 0 Å². The molecule has 0 aromatic carbocycles. The second-order valence-corrected chi connectivity index (χ2v) is 3.79. The molecule has 0 saturated heterocycles. The molecule has 0 aromatic rings. The summed E-state index contributed by atoms with van der Waals surface area (Å²) in [4.78, 5) is 0. The van der Waals surface area contributed by atoms with Gasteiger partial charge in [-0.05, 0) is 0 Å². The van der Waals surface area contributed by atoms with Crippen molar-refractivity contribution in [3.05, 3.63) is 0 Å². The van der Waals surface area contributed by atoms with Crippen molar-refractivity contribution >= 4 is 34.8 Å². The predicted molar refractivity (Wildman–Crippen MR) is 36.5 cm³/mol. The summed E-state index contributed by atoms with van der Waals surface area (Å²) < 4.78 is -1.74. The smallest absolute Gasteiger partial charge is 0.217 e. The SMILES string of the molecule is N#CC[C@H](O)C(Cl)(Cl)Cl. The molecule has 1 atom stereocenters. The Bertz CT molecular complexity index is 125. The summed E-state index contributed by atoms with van der Waals surface area (Å²) in [6, 6.07) is 1.67. The van der Waals surface area contributed by atoms with Crippen molar-refractivity contribution in [2.24, 2.45) is 0 Å². The van der Waals surface area contributed by atoms with Crippen LogP contribution in [0, 0.1) is 11.3 Å². The van der Waals surface area contributed by atoms with Crippen LogP contribution in [0.25, 0.3) is 0 Å². The van der Waals surface area contributed by atoms with Crippen molar-refractivity contribution in [2.45, 2.75) is 16.3 Å². The molecule has 0 rings (SSSR count). The molecule has 0 aliphatic rings. The number of halogens is 3. The molecule has 0 bridgehead atoms. The zero-order valence-corrected chi connectivity index (χ0v) is 6.58. The van der Waals surface area contributed by atoms with Gasteiger partial charge in [-0.1, -0.05) is 34.8 Å². The van der Waals surface area contributed by atoms with Gasteiger partial charge in [-0.2, -0.15) is 5.26 Å². The summed E-state index contributed by atoms with van der Waals surface area (Å²) in [5.41, 5.74) is 0. The molecular formula is C4H4Cl3NO. The van der Waals surface area contributed by atoms with Crippen LogP contribution in [-0.2, 0) is 0 Å². The molecule has 0 radical (unpaired) electrons. The fourth-order valence-corrected chi connectivity index (χ4v) is 0.434. The predicted octanol–water partition coefficient (Wildman–Crippen LogP) is 1.63. The van der Waals surface area contributed by atoms with Crippen LogP contribution in [0.2, 0.25) is 0 Å². The number of hydrogen-bond donors (Lipinski definition) is 1. The van der Waals surface area contributed by atoms with E-state index in [0.29, 0.717) is 0 Å². The maximum Gasteiger partial charge on any atom is 0.217 e. The monoisotopic (exact) mass is 187 g/mol. The summed E-state index contributed by atoms with van der Waals surface area (Å²) >= 11 is 15.6. The van der Waals surface area contributed by atoms with Crippen LogP contribution in [-0.4, -0.2) is 15.0 Å². The number of aliphatic hydroxyl groups is 1. The average molecular weight is 188 g/mol. The van der Waals surface area contributed by atoms with Crippen molar-refractivity contribution in [1.29, 1.82) is 5.26 Å². The maximum absolute atomic E-state index is 8.77. The lowest BCUT2D eigenvalue weighted by atomic mass is 10.3. The third-order valence-corrected chi connectivity index (χ3v) is 1.42. The van der Waals surface area contributed by atoms with Crippen molar-refractivity contribution in [1.82, 2.24) is 0 Å². The van der Waals surface area contributed by atoms with Gasteiger partial charge < -0.3 is 5.11 Å². The highest BCUT2D eigenvalue weighted by atomic mass is 35.6. The molecule has 2 nitrogen and oxygen atoms in total. The Kier molecular flexibility index (Phi) is 3.60. The first-order valence-electron chi connectivity index (χ1n) is 2.10. The minimum atomic E-state index is -1.74. The number of hydrogen-bond acceptors (Lipinski definition) is 2. The van der Waals surface area contributed by atoms with Crippen molar-refractivity contribution in [3.63, 3.8) is 0 Å². The van der Waals surface area contributed by atoms with E-state index in [-0.39, 0.29) is 6.42 Å². The van der Waals surface area contributed by atoms with Gasteiger partial charge in [0.15, 0.2) is 0 Å². The van der Waals surface area contributed by atoms with Crippen LogP contribution in [0.4, 0.5) is 0 Å². The van der Waals surface area contributed by atoms with E-state index < -0.39 is 9.90 Å². The Morgan fingerprint density at radius 2 is 2.00 bits per heavy atom. The van der Waals surface area contributed by atoms with E-state index in [1.807, 2.05) is 0 Å². The molecule has 0 aromatic heterocycles. The van der Waals surface area contributed by atoms with Crippen molar-refractivity contribution < 1.29 is 5.11 Å². The molecule has 5 heteroatoms. The Labute approximate surface area is 67.9 Å². The van der Waals surface area contributed by atoms with Gasteiger partial charge in [0, 0.05) is 0 Å². The molecule has 0 aliphatic carbocycles. The minimum Gasteiger partial charge on any atom is -0.388 e. The molecule has 0 heterocycles. The quantitative estimate of drug-likeness (QED) is 0.636. The number of rotatable bonds is 1. The third-order valence-electron chi connectivity index (χ3n) is 0.662. The van der Waals surface area contributed by atoms with E-state index in [2.05, 4.69) is 0 Å². The largest absolute Gasteiger partial charge is 0.388 e. The summed E-state index contributed by atoms with van der Waals surface area (Å²) in [5.74, 6) is 0. The zero-order chi connectivity index (χ0) is 7.49. The summed E-state index contributed by atoms with van der Waals surface area (Å²) in [5, 5.41) is 16.8. The summed E-state index contributed by atoms with van der Waals surface area (Å²) in [6.07, 6.45) is -1.37. The van der Waals surface area contributed by atoms with Crippen molar-refractivity contribution in [2.75, 3.05) is 0 Å². The second kappa shape index (κ2) is 3.48. The van der Waals surface area contributed by atoms with Crippen LogP contribution in [0.15, 0.2) is 0 Å². The molecular weight excluding hydrogens is 184 g/mol. The van der Waals surface area contributed by atoms with E-state index in [1.54, 1.807) is 6.07 Å². The molecule has 9 heavy (non-hydrogen) atoms. The second-order valence-electron chi connectivity index (χ2n) is 1.42. The highest BCUT2D eigenvalue weighted by molar-refractivity contribution is 6.68. The van der Waals surface area contributed by atoms with E-state index in [9.17, 15) is 0 Å². The van der Waals surface area contributed by atoms with Crippen LogP contribution >= 0.6 is 34.8 Å². The van der Waals surface area contributed by atoms with Gasteiger partial charge in [-0.3, -0.25) is 0 Å². The number of nitriles is 1. The van der Waals surface area contributed by atoms with Gasteiger partial charge in [-0.15, -0.1) is 0 Å². The third kappa shape index (κ3) is 3.83. The van der Waals surface area contributed by atoms with E-state index >= 15 is 0 Å². The molecule has 0 amide bonds. The van der Waals surface area contributed by atoms with Crippen molar-refractivity contribution in [3.8, 4) is 6.07 Å². The minimum absolute atomic E-state index is 0.170. The lowest BCUT2D eigenvalue weighted by Gasteiger charge is -2.14. The Morgan fingerprint density at radius 3 is 2.11 bits per heavy atom. The first-order valence-corrected chi connectivity index (χ1v) is 3.23. The van der Waals surface area contributed by atoms with Gasteiger partial charge in [0.05, 0.1) is 12.5 Å². The number of aliphatic hydroxyl groups excluding tert-OH is 1. The summed E-state index contributed by atoms with van der Waals surface area (Å²) in [6.45, 7) is 0. The molecule has 0 unspecified atom stereocenters. The molecule has 0 fully saturated rings. The molecule has 0 spiro atoms. The van der Waals surface area contributed by atoms with E-state index in [4.69, 9.17) is 45.2 Å². The highest BCUT2D eigenvalue weighted by Crippen LogP contribution is 2.31. The number of alkyl halides is 3. The molecule has 0 saturated carbocycles.